The van der Waals surface area contributed by atoms with Crippen molar-refractivity contribution in [1.82, 2.24) is 4.31 Å². The smallest absolute Gasteiger partial charge is 0.252 e. The Morgan fingerprint density at radius 3 is 3.00 bits per heavy atom. The fraction of sp³-hybridized carbons (Fsp3) is 0.714. The van der Waals surface area contributed by atoms with Gasteiger partial charge in [0.05, 0.1) is 6.10 Å². The van der Waals surface area contributed by atoms with Crippen molar-refractivity contribution < 1.29 is 13.2 Å². The number of piperidine rings is 1. The first-order chi connectivity index (χ1) is 10.1. The molecule has 1 aliphatic heterocycles. The van der Waals surface area contributed by atoms with Crippen LogP contribution in [-0.2, 0) is 21.2 Å². The third-order valence-electron chi connectivity index (χ3n) is 3.47. The summed E-state index contributed by atoms with van der Waals surface area (Å²) >= 11 is 7.03. The van der Waals surface area contributed by atoms with Crippen LogP contribution in [0.2, 0.25) is 0 Å². The lowest BCUT2D eigenvalue weighted by Gasteiger charge is -2.31. The molecule has 1 fully saturated rings. The van der Waals surface area contributed by atoms with E-state index in [9.17, 15) is 8.42 Å². The van der Waals surface area contributed by atoms with Gasteiger partial charge >= 0.3 is 0 Å². The minimum atomic E-state index is -3.39. The van der Waals surface area contributed by atoms with Crippen molar-refractivity contribution in [3.8, 4) is 0 Å². The Balaban J connectivity index is 2.06. The molecule has 1 aromatic rings. The molecule has 0 aliphatic carbocycles. The molecule has 1 aromatic heterocycles. The van der Waals surface area contributed by atoms with E-state index in [2.05, 4.69) is 6.92 Å². The lowest BCUT2D eigenvalue weighted by molar-refractivity contribution is 0.0194. The van der Waals surface area contributed by atoms with Crippen molar-refractivity contribution in [2.24, 2.45) is 0 Å². The molecule has 7 heteroatoms. The predicted molar refractivity (Wildman–Crippen MR) is 86.8 cm³/mol. The maximum absolute atomic E-state index is 12.7. The first kappa shape index (κ1) is 17.2. The number of sulfonamides is 1. The van der Waals surface area contributed by atoms with Gasteiger partial charge in [-0.1, -0.05) is 6.92 Å². The summed E-state index contributed by atoms with van der Waals surface area (Å²) < 4.78 is 33.0. The van der Waals surface area contributed by atoms with Gasteiger partial charge < -0.3 is 4.74 Å². The van der Waals surface area contributed by atoms with Crippen molar-refractivity contribution in [1.29, 1.82) is 0 Å². The molecule has 0 spiro atoms. The number of halogens is 1. The topological polar surface area (TPSA) is 46.6 Å². The Bertz CT molecular complexity index is 544. The number of nitrogens with zero attached hydrogens (tertiary/aromatic N) is 1. The summed E-state index contributed by atoms with van der Waals surface area (Å²) in [5.74, 6) is 0.511. The van der Waals surface area contributed by atoms with E-state index in [0.29, 0.717) is 36.2 Å². The number of thiophene rings is 1. The molecule has 0 bridgehead atoms. The highest BCUT2D eigenvalue weighted by molar-refractivity contribution is 7.91. The quantitative estimate of drug-likeness (QED) is 0.709. The third kappa shape index (κ3) is 4.42. The standard InChI is InChI=1S/C14H22ClNO3S2/c1-2-10-19-12-4-3-9-16(11-12)21(17,18)14-6-5-13(20-14)7-8-15/h5-6,12H,2-4,7-11H2,1H3. The fourth-order valence-corrected chi connectivity index (χ4v) is 5.73. The van der Waals surface area contributed by atoms with Gasteiger partial charge in [-0.2, -0.15) is 4.31 Å². The lowest BCUT2D eigenvalue weighted by Crippen LogP contribution is -2.43. The first-order valence-corrected chi connectivity index (χ1v) is 10.1. The molecule has 1 atom stereocenters. The molecule has 4 nitrogen and oxygen atoms in total. The molecule has 2 heterocycles. The Hall–Kier alpha value is -0.140. The highest BCUT2D eigenvalue weighted by Crippen LogP contribution is 2.28. The summed E-state index contributed by atoms with van der Waals surface area (Å²) in [7, 11) is -3.39. The summed E-state index contributed by atoms with van der Waals surface area (Å²) in [4.78, 5) is 1.01. The minimum absolute atomic E-state index is 0.0238. The van der Waals surface area contributed by atoms with Crippen LogP contribution in [0.1, 0.15) is 31.1 Å². The molecule has 0 aromatic carbocycles. The van der Waals surface area contributed by atoms with E-state index >= 15 is 0 Å². The van der Waals surface area contributed by atoms with Gasteiger partial charge in [0.25, 0.3) is 10.0 Å². The molecule has 1 saturated heterocycles. The van der Waals surface area contributed by atoms with E-state index in [0.717, 1.165) is 24.1 Å². The molecule has 21 heavy (non-hydrogen) atoms. The van der Waals surface area contributed by atoms with Gasteiger partial charge in [-0.15, -0.1) is 22.9 Å². The Morgan fingerprint density at radius 1 is 1.48 bits per heavy atom. The SMILES string of the molecule is CCCOC1CCCN(S(=O)(=O)c2ccc(CCCl)s2)C1. The molecule has 0 radical (unpaired) electrons. The average molecular weight is 352 g/mol. The number of hydrogen-bond donors (Lipinski definition) is 0. The van der Waals surface area contributed by atoms with Crippen LogP contribution in [0.15, 0.2) is 16.3 Å². The highest BCUT2D eigenvalue weighted by atomic mass is 35.5. The van der Waals surface area contributed by atoms with Crippen LogP contribution in [0, 0.1) is 0 Å². The third-order valence-corrected chi connectivity index (χ3v) is 7.14. The number of hydrogen-bond acceptors (Lipinski definition) is 4. The van der Waals surface area contributed by atoms with E-state index in [1.165, 1.54) is 11.3 Å². The molecular formula is C14H22ClNO3S2. The summed E-state index contributed by atoms with van der Waals surface area (Å²) in [6.07, 6.45) is 3.48. The number of alkyl halides is 1. The van der Waals surface area contributed by atoms with Crippen LogP contribution >= 0.6 is 22.9 Å². The van der Waals surface area contributed by atoms with Crippen LogP contribution in [0.4, 0.5) is 0 Å². The lowest BCUT2D eigenvalue weighted by atomic mass is 10.1. The highest BCUT2D eigenvalue weighted by Gasteiger charge is 2.31. The van der Waals surface area contributed by atoms with E-state index in [-0.39, 0.29) is 6.10 Å². The van der Waals surface area contributed by atoms with E-state index in [4.69, 9.17) is 16.3 Å². The van der Waals surface area contributed by atoms with Crippen molar-refractivity contribution in [2.45, 2.75) is 42.9 Å². The maximum atomic E-state index is 12.7. The molecule has 1 unspecified atom stereocenters. The van der Waals surface area contributed by atoms with Crippen LogP contribution in [0.25, 0.3) is 0 Å². The maximum Gasteiger partial charge on any atom is 0.252 e. The molecular weight excluding hydrogens is 330 g/mol. The predicted octanol–water partition coefficient (Wildman–Crippen LogP) is 3.11. The molecule has 1 aliphatic rings. The molecule has 0 saturated carbocycles. The van der Waals surface area contributed by atoms with Gasteiger partial charge in [-0.25, -0.2) is 8.42 Å². The van der Waals surface area contributed by atoms with E-state index < -0.39 is 10.0 Å². The van der Waals surface area contributed by atoms with Crippen LogP contribution < -0.4 is 0 Å². The van der Waals surface area contributed by atoms with Crippen molar-refractivity contribution in [3.05, 3.63) is 17.0 Å². The second-order valence-corrected chi connectivity index (χ2v) is 8.87. The number of ether oxygens (including phenoxy) is 1. The van der Waals surface area contributed by atoms with Gasteiger partial charge in [0.1, 0.15) is 4.21 Å². The minimum Gasteiger partial charge on any atom is -0.377 e. The van der Waals surface area contributed by atoms with Crippen molar-refractivity contribution in [2.75, 3.05) is 25.6 Å². The Labute approximate surface area is 136 Å². The average Bonchev–Trinajstić information content (AvgIpc) is 2.95. The Morgan fingerprint density at radius 2 is 2.29 bits per heavy atom. The van der Waals surface area contributed by atoms with Crippen molar-refractivity contribution in [3.63, 3.8) is 0 Å². The van der Waals surface area contributed by atoms with Gasteiger partial charge in [0, 0.05) is 30.5 Å². The molecule has 2 rings (SSSR count). The van der Waals surface area contributed by atoms with E-state index in [1.54, 1.807) is 10.4 Å². The van der Waals surface area contributed by atoms with Crippen LogP contribution in [0.3, 0.4) is 0 Å². The monoisotopic (exact) mass is 351 g/mol. The van der Waals surface area contributed by atoms with Gasteiger partial charge in [0.15, 0.2) is 0 Å². The zero-order valence-corrected chi connectivity index (χ0v) is 14.6. The van der Waals surface area contributed by atoms with Crippen LogP contribution in [-0.4, -0.2) is 44.4 Å². The number of rotatable bonds is 7. The molecule has 0 N–H and O–H groups in total. The van der Waals surface area contributed by atoms with Gasteiger partial charge in [-0.05, 0) is 37.8 Å². The first-order valence-electron chi connectivity index (χ1n) is 7.34. The second-order valence-electron chi connectivity index (χ2n) is 5.16. The van der Waals surface area contributed by atoms with Crippen molar-refractivity contribution >= 4 is 33.0 Å². The fourth-order valence-electron chi connectivity index (χ4n) is 2.40. The molecule has 0 amide bonds. The number of aryl methyl sites for hydroxylation is 1. The summed E-state index contributed by atoms with van der Waals surface area (Å²) in [5, 5.41) is 0. The summed E-state index contributed by atoms with van der Waals surface area (Å²) in [6, 6.07) is 3.55. The van der Waals surface area contributed by atoms with Gasteiger partial charge in [-0.3, -0.25) is 0 Å². The Kier molecular flexibility index (Phi) is 6.50. The van der Waals surface area contributed by atoms with Crippen LogP contribution in [0.5, 0.6) is 0 Å². The normalized spacial score (nSPS) is 20.8. The second kappa shape index (κ2) is 7.92. The summed E-state index contributed by atoms with van der Waals surface area (Å²) in [6.45, 7) is 3.79. The zero-order valence-electron chi connectivity index (χ0n) is 12.3. The zero-order chi connectivity index (χ0) is 15.3. The largest absolute Gasteiger partial charge is 0.377 e. The summed E-state index contributed by atoms with van der Waals surface area (Å²) in [5.41, 5.74) is 0. The van der Waals surface area contributed by atoms with E-state index in [1.807, 2.05) is 6.07 Å². The molecule has 120 valence electrons. The van der Waals surface area contributed by atoms with Gasteiger partial charge in [0.2, 0.25) is 0 Å².